The molecule has 0 spiro atoms. The van der Waals surface area contributed by atoms with Crippen LogP contribution in [-0.2, 0) is 11.3 Å². The standard InChI is InChI=1S/C23H24ClN7O/c1-15-28-29-22-7-6-19-21(31(15)22)13-20(18(25)8-10-27-11-9-23(32)26-2)30(19)14-16-4-3-5-17(24)12-16/h3-8,10,12-13H,9,11,14,25H2,1-2H3,(H,26,32). The molecule has 0 fully saturated rings. The molecule has 32 heavy (non-hydrogen) atoms. The van der Waals surface area contributed by atoms with Crippen molar-refractivity contribution < 1.29 is 4.79 Å². The number of nitrogens with zero attached hydrogens (tertiary/aromatic N) is 5. The number of hydrogen-bond donors (Lipinski definition) is 2. The highest BCUT2D eigenvalue weighted by Crippen LogP contribution is 2.26. The van der Waals surface area contributed by atoms with Crippen molar-refractivity contribution in [2.45, 2.75) is 19.9 Å². The summed E-state index contributed by atoms with van der Waals surface area (Å²) in [6, 6.07) is 13.8. The topological polar surface area (TPSA) is 103 Å². The number of amides is 1. The zero-order valence-corrected chi connectivity index (χ0v) is 18.7. The lowest BCUT2D eigenvalue weighted by molar-refractivity contribution is -0.120. The van der Waals surface area contributed by atoms with Gasteiger partial charge in [-0.15, -0.1) is 10.2 Å². The Morgan fingerprint density at radius 1 is 1.22 bits per heavy atom. The maximum absolute atomic E-state index is 11.3. The van der Waals surface area contributed by atoms with Gasteiger partial charge in [-0.1, -0.05) is 23.7 Å². The second kappa shape index (κ2) is 9.23. The Morgan fingerprint density at radius 2 is 2.06 bits per heavy atom. The first kappa shape index (κ1) is 21.6. The van der Waals surface area contributed by atoms with Gasteiger partial charge in [0.1, 0.15) is 5.82 Å². The maximum atomic E-state index is 11.3. The Bertz CT molecular complexity index is 1350. The molecular formula is C23H24ClN7O. The SMILES string of the molecule is CNC(=O)CCN=CC=C(N)c1cc2c(ccc3nnc(C)n32)n1Cc1cccc(Cl)c1. The Hall–Kier alpha value is -3.65. The molecule has 4 aromatic rings. The predicted octanol–water partition coefficient (Wildman–Crippen LogP) is 3.20. The average molecular weight is 450 g/mol. The zero-order chi connectivity index (χ0) is 22.7. The van der Waals surface area contributed by atoms with Crippen molar-refractivity contribution in [3.63, 3.8) is 0 Å². The number of pyridine rings is 1. The van der Waals surface area contributed by atoms with Crippen LogP contribution in [0.4, 0.5) is 0 Å². The molecular weight excluding hydrogens is 426 g/mol. The first-order valence-corrected chi connectivity index (χ1v) is 10.6. The van der Waals surface area contributed by atoms with E-state index in [-0.39, 0.29) is 5.91 Å². The highest BCUT2D eigenvalue weighted by atomic mass is 35.5. The van der Waals surface area contributed by atoms with Gasteiger partial charge in [-0.2, -0.15) is 0 Å². The number of hydrogen-bond acceptors (Lipinski definition) is 5. The van der Waals surface area contributed by atoms with Crippen LogP contribution in [0.15, 0.2) is 53.5 Å². The fourth-order valence-corrected chi connectivity index (χ4v) is 3.87. The summed E-state index contributed by atoms with van der Waals surface area (Å²) in [5, 5.41) is 11.7. The van der Waals surface area contributed by atoms with Crippen molar-refractivity contribution in [3.05, 3.63) is 70.6 Å². The van der Waals surface area contributed by atoms with Gasteiger partial charge in [-0.25, -0.2) is 0 Å². The molecule has 0 radical (unpaired) electrons. The van der Waals surface area contributed by atoms with Crippen LogP contribution < -0.4 is 11.1 Å². The molecule has 0 aliphatic heterocycles. The minimum Gasteiger partial charge on any atom is -0.397 e. The number of halogens is 1. The first-order chi connectivity index (χ1) is 15.5. The normalized spacial score (nSPS) is 12.3. The summed E-state index contributed by atoms with van der Waals surface area (Å²) in [5.74, 6) is 0.754. The third kappa shape index (κ3) is 4.36. The number of nitrogens with two attached hydrogens (primary N) is 1. The van der Waals surface area contributed by atoms with Crippen LogP contribution in [-0.4, -0.2) is 44.9 Å². The first-order valence-electron chi connectivity index (χ1n) is 10.2. The smallest absolute Gasteiger partial charge is 0.221 e. The lowest BCUT2D eigenvalue weighted by Crippen LogP contribution is -2.18. The molecule has 0 bridgehead atoms. The van der Waals surface area contributed by atoms with Crippen molar-refractivity contribution in [1.29, 1.82) is 0 Å². The molecule has 0 atom stereocenters. The zero-order valence-electron chi connectivity index (χ0n) is 17.9. The minimum absolute atomic E-state index is 0.0472. The minimum atomic E-state index is -0.0472. The van der Waals surface area contributed by atoms with Crippen molar-refractivity contribution >= 4 is 46.1 Å². The quantitative estimate of drug-likeness (QED) is 0.423. The van der Waals surface area contributed by atoms with Gasteiger partial charge in [-0.3, -0.25) is 14.2 Å². The maximum Gasteiger partial charge on any atom is 0.221 e. The van der Waals surface area contributed by atoms with Crippen molar-refractivity contribution in [3.8, 4) is 0 Å². The Labute approximate surface area is 190 Å². The number of carbonyl (C=O) groups excluding carboxylic acids is 1. The molecule has 0 aliphatic carbocycles. The number of allylic oxidation sites excluding steroid dienone is 1. The lowest BCUT2D eigenvalue weighted by atomic mass is 10.2. The van der Waals surface area contributed by atoms with E-state index < -0.39 is 0 Å². The van der Waals surface area contributed by atoms with Gasteiger partial charge in [0, 0.05) is 37.8 Å². The van der Waals surface area contributed by atoms with Gasteiger partial charge >= 0.3 is 0 Å². The summed E-state index contributed by atoms with van der Waals surface area (Å²) < 4.78 is 4.15. The molecule has 0 saturated heterocycles. The van der Waals surface area contributed by atoms with E-state index in [1.54, 1.807) is 19.3 Å². The summed E-state index contributed by atoms with van der Waals surface area (Å²) >= 11 is 6.21. The Balaban J connectivity index is 1.76. The van der Waals surface area contributed by atoms with Crippen LogP contribution in [0.1, 0.15) is 23.5 Å². The molecule has 1 aromatic carbocycles. The summed E-state index contributed by atoms with van der Waals surface area (Å²) in [6.07, 6.45) is 3.72. The van der Waals surface area contributed by atoms with Crippen LogP contribution in [0.3, 0.4) is 0 Å². The monoisotopic (exact) mass is 449 g/mol. The summed E-state index contributed by atoms with van der Waals surface area (Å²) in [7, 11) is 1.61. The number of aliphatic imine (C=N–C) groups is 1. The van der Waals surface area contributed by atoms with E-state index >= 15 is 0 Å². The average Bonchev–Trinajstić information content (AvgIpc) is 3.34. The van der Waals surface area contributed by atoms with E-state index in [0.29, 0.717) is 30.2 Å². The molecule has 4 rings (SSSR count). The third-order valence-electron chi connectivity index (χ3n) is 5.23. The van der Waals surface area contributed by atoms with Gasteiger partial charge in [0.25, 0.3) is 0 Å². The molecule has 0 saturated carbocycles. The molecule has 3 N–H and O–H groups in total. The summed E-state index contributed by atoms with van der Waals surface area (Å²) in [6.45, 7) is 2.91. The van der Waals surface area contributed by atoms with Crippen LogP contribution in [0.25, 0.3) is 22.4 Å². The fraction of sp³-hybridized carbons (Fsp3) is 0.217. The summed E-state index contributed by atoms with van der Waals surface area (Å²) in [4.78, 5) is 15.6. The fourth-order valence-electron chi connectivity index (χ4n) is 3.65. The molecule has 3 aromatic heterocycles. The van der Waals surface area contributed by atoms with Crippen LogP contribution in [0.5, 0.6) is 0 Å². The van der Waals surface area contributed by atoms with Crippen molar-refractivity contribution in [1.82, 2.24) is 24.5 Å². The number of fused-ring (bicyclic) bond motifs is 3. The van der Waals surface area contributed by atoms with Crippen LogP contribution in [0, 0.1) is 6.92 Å². The number of rotatable bonds is 7. The highest BCUT2D eigenvalue weighted by molar-refractivity contribution is 6.30. The van der Waals surface area contributed by atoms with E-state index in [0.717, 1.165) is 33.8 Å². The number of aromatic nitrogens is 4. The van der Waals surface area contributed by atoms with Gasteiger partial charge < -0.3 is 15.6 Å². The lowest BCUT2D eigenvalue weighted by Gasteiger charge is -2.11. The molecule has 1 amide bonds. The van der Waals surface area contributed by atoms with E-state index in [9.17, 15) is 4.79 Å². The second-order valence-corrected chi connectivity index (χ2v) is 7.83. The van der Waals surface area contributed by atoms with Gasteiger partial charge in [0.15, 0.2) is 5.65 Å². The molecule has 9 heteroatoms. The second-order valence-electron chi connectivity index (χ2n) is 7.39. The van der Waals surface area contributed by atoms with Crippen LogP contribution >= 0.6 is 11.6 Å². The van der Waals surface area contributed by atoms with Gasteiger partial charge in [0.2, 0.25) is 5.91 Å². The molecule has 8 nitrogen and oxygen atoms in total. The van der Waals surface area contributed by atoms with Crippen LogP contribution in [0.2, 0.25) is 5.02 Å². The Morgan fingerprint density at radius 3 is 2.84 bits per heavy atom. The molecule has 0 aliphatic rings. The predicted molar refractivity (Wildman–Crippen MR) is 128 cm³/mol. The van der Waals surface area contributed by atoms with E-state index in [1.165, 1.54) is 0 Å². The van der Waals surface area contributed by atoms with Crippen molar-refractivity contribution in [2.24, 2.45) is 10.7 Å². The van der Waals surface area contributed by atoms with E-state index in [2.05, 4.69) is 25.1 Å². The van der Waals surface area contributed by atoms with E-state index in [1.807, 2.05) is 53.8 Å². The number of aryl methyl sites for hydroxylation is 1. The number of carbonyl (C=O) groups is 1. The highest BCUT2D eigenvalue weighted by Gasteiger charge is 2.15. The van der Waals surface area contributed by atoms with Gasteiger partial charge in [0.05, 0.1) is 22.4 Å². The summed E-state index contributed by atoms with van der Waals surface area (Å²) in [5.41, 5.74) is 11.7. The number of nitrogens with one attached hydrogen (secondary N) is 1. The third-order valence-corrected chi connectivity index (χ3v) is 5.47. The Kier molecular flexibility index (Phi) is 6.23. The van der Waals surface area contributed by atoms with Gasteiger partial charge in [-0.05, 0) is 48.9 Å². The molecule has 0 unspecified atom stereocenters. The largest absolute Gasteiger partial charge is 0.397 e. The number of benzene rings is 1. The molecule has 3 heterocycles. The molecule has 164 valence electrons. The van der Waals surface area contributed by atoms with Crippen molar-refractivity contribution in [2.75, 3.05) is 13.6 Å². The van der Waals surface area contributed by atoms with E-state index in [4.69, 9.17) is 17.3 Å².